The Kier molecular flexibility index (Phi) is 2.13. The number of aromatic hydroxyl groups is 1. The summed E-state index contributed by atoms with van der Waals surface area (Å²) in [6.45, 7) is 0. The molecular weight excluding hydrogens is 220 g/mol. The number of hydrogen-bond donors (Lipinski definition) is 3. The number of hydrogen-bond acceptors (Lipinski definition) is 4. The van der Waals surface area contributed by atoms with Gasteiger partial charge >= 0.3 is 5.97 Å². The molecule has 3 nitrogen and oxygen atoms in total. The van der Waals surface area contributed by atoms with Gasteiger partial charge in [0.05, 0.1) is 10.3 Å². The summed E-state index contributed by atoms with van der Waals surface area (Å²) in [5, 5.41) is 18.8. The summed E-state index contributed by atoms with van der Waals surface area (Å²) >= 11 is 5.31. The number of fused-ring (bicyclic) bond motifs is 1. The van der Waals surface area contributed by atoms with E-state index in [-0.39, 0.29) is 10.6 Å². The normalized spacial score (nSPS) is 10.6. The number of carboxylic acids is 1. The molecule has 1 aromatic heterocycles. The van der Waals surface area contributed by atoms with E-state index in [2.05, 4.69) is 12.6 Å². The molecule has 1 heterocycles. The Morgan fingerprint density at radius 3 is 2.79 bits per heavy atom. The molecule has 0 fully saturated rings. The minimum atomic E-state index is -0.999. The standard InChI is InChI=1S/C9H6O3S2/c10-7-3-5-4(9(11)12)1-2-6(13)8(5)14-7/h1-3,10,13H,(H,11,12). The van der Waals surface area contributed by atoms with Crippen LogP contribution in [-0.4, -0.2) is 16.2 Å². The molecule has 2 N–H and O–H groups in total. The van der Waals surface area contributed by atoms with Gasteiger partial charge in [-0.3, -0.25) is 0 Å². The summed E-state index contributed by atoms with van der Waals surface area (Å²) in [5.41, 5.74) is 0.189. The highest BCUT2D eigenvalue weighted by Gasteiger charge is 2.12. The molecule has 0 radical (unpaired) electrons. The molecule has 0 bridgehead atoms. The smallest absolute Gasteiger partial charge is 0.336 e. The van der Waals surface area contributed by atoms with Crippen molar-refractivity contribution in [2.75, 3.05) is 0 Å². The van der Waals surface area contributed by atoms with E-state index in [1.807, 2.05) is 0 Å². The van der Waals surface area contributed by atoms with Gasteiger partial charge in [-0.05, 0) is 12.1 Å². The van der Waals surface area contributed by atoms with Crippen LogP contribution in [0.5, 0.6) is 5.06 Å². The molecule has 0 unspecified atom stereocenters. The molecule has 0 saturated carbocycles. The first-order valence-corrected chi connectivity index (χ1v) is 5.03. The van der Waals surface area contributed by atoms with E-state index in [1.54, 1.807) is 6.07 Å². The highest BCUT2D eigenvalue weighted by Crippen LogP contribution is 2.36. The fraction of sp³-hybridized carbons (Fsp3) is 0. The number of carbonyl (C=O) groups is 1. The second-order valence-electron chi connectivity index (χ2n) is 2.76. The van der Waals surface area contributed by atoms with Crippen molar-refractivity contribution in [2.45, 2.75) is 4.90 Å². The lowest BCUT2D eigenvalue weighted by molar-refractivity contribution is 0.0699. The van der Waals surface area contributed by atoms with Crippen molar-refractivity contribution in [2.24, 2.45) is 0 Å². The molecule has 72 valence electrons. The van der Waals surface area contributed by atoms with Crippen LogP contribution in [0.25, 0.3) is 10.1 Å². The van der Waals surface area contributed by atoms with Crippen molar-refractivity contribution < 1.29 is 15.0 Å². The van der Waals surface area contributed by atoms with Crippen LogP contribution >= 0.6 is 24.0 Å². The van der Waals surface area contributed by atoms with Crippen LogP contribution in [0.1, 0.15) is 10.4 Å². The summed E-state index contributed by atoms with van der Waals surface area (Å²) < 4.78 is 0.700. The number of thiol groups is 1. The van der Waals surface area contributed by atoms with E-state index in [1.165, 1.54) is 12.1 Å². The average molecular weight is 226 g/mol. The molecule has 5 heteroatoms. The lowest BCUT2D eigenvalue weighted by Gasteiger charge is -1.98. The molecule has 0 atom stereocenters. The van der Waals surface area contributed by atoms with Crippen LogP contribution in [-0.2, 0) is 0 Å². The molecule has 0 spiro atoms. The summed E-state index contributed by atoms with van der Waals surface area (Å²) in [6, 6.07) is 4.55. The Morgan fingerprint density at radius 2 is 2.14 bits per heavy atom. The van der Waals surface area contributed by atoms with Crippen LogP contribution in [0.3, 0.4) is 0 Å². The van der Waals surface area contributed by atoms with Crippen molar-refractivity contribution in [1.82, 2.24) is 0 Å². The lowest BCUT2D eigenvalue weighted by atomic mass is 10.1. The van der Waals surface area contributed by atoms with E-state index in [0.717, 1.165) is 11.3 Å². The van der Waals surface area contributed by atoms with Gasteiger partial charge in [0.25, 0.3) is 0 Å². The SMILES string of the molecule is O=C(O)c1ccc(S)c2sc(O)cc12. The van der Waals surface area contributed by atoms with Gasteiger partial charge in [0.15, 0.2) is 5.06 Å². The Morgan fingerprint density at radius 1 is 1.43 bits per heavy atom. The fourth-order valence-corrected chi connectivity index (χ4v) is 2.45. The lowest BCUT2D eigenvalue weighted by Crippen LogP contribution is -1.95. The summed E-state index contributed by atoms with van der Waals surface area (Å²) in [5.74, 6) is -0.999. The van der Waals surface area contributed by atoms with Crippen LogP contribution in [0.4, 0.5) is 0 Å². The van der Waals surface area contributed by atoms with E-state index in [4.69, 9.17) is 5.11 Å². The molecule has 0 aliphatic heterocycles. The largest absolute Gasteiger partial charge is 0.499 e. The number of carboxylic acid groups (broad SMARTS) is 1. The minimum Gasteiger partial charge on any atom is -0.499 e. The Bertz CT molecular complexity index is 516. The topological polar surface area (TPSA) is 57.5 Å². The third-order valence-electron chi connectivity index (χ3n) is 1.88. The number of rotatable bonds is 1. The molecule has 2 aromatic rings. The monoisotopic (exact) mass is 226 g/mol. The molecule has 0 amide bonds. The predicted octanol–water partition coefficient (Wildman–Crippen LogP) is 2.59. The second-order valence-corrected chi connectivity index (χ2v) is 4.28. The van der Waals surface area contributed by atoms with Crippen LogP contribution < -0.4 is 0 Å². The van der Waals surface area contributed by atoms with Crippen molar-refractivity contribution in [1.29, 1.82) is 0 Å². The number of aromatic carboxylic acids is 1. The van der Waals surface area contributed by atoms with Gasteiger partial charge in [0.1, 0.15) is 0 Å². The zero-order valence-corrected chi connectivity index (χ0v) is 8.60. The van der Waals surface area contributed by atoms with Gasteiger partial charge in [0, 0.05) is 16.3 Å². The fourth-order valence-electron chi connectivity index (χ4n) is 1.28. The van der Waals surface area contributed by atoms with Gasteiger partial charge in [-0.15, -0.1) is 12.6 Å². The zero-order chi connectivity index (χ0) is 10.3. The molecule has 0 aliphatic rings. The maximum absolute atomic E-state index is 10.8. The summed E-state index contributed by atoms with van der Waals surface area (Å²) in [7, 11) is 0. The molecular formula is C9H6O3S2. The molecule has 1 aromatic carbocycles. The highest BCUT2D eigenvalue weighted by atomic mass is 32.1. The second kappa shape index (κ2) is 3.18. The highest BCUT2D eigenvalue weighted by molar-refractivity contribution is 7.80. The Balaban J connectivity index is 2.87. The first kappa shape index (κ1) is 9.36. The van der Waals surface area contributed by atoms with Crippen molar-refractivity contribution >= 4 is 40.0 Å². The third kappa shape index (κ3) is 1.34. The third-order valence-corrected chi connectivity index (χ3v) is 3.38. The van der Waals surface area contributed by atoms with E-state index in [0.29, 0.717) is 15.0 Å². The molecule has 2 rings (SSSR count). The maximum Gasteiger partial charge on any atom is 0.336 e. The quantitative estimate of drug-likeness (QED) is 0.655. The van der Waals surface area contributed by atoms with E-state index in [9.17, 15) is 9.90 Å². The van der Waals surface area contributed by atoms with E-state index >= 15 is 0 Å². The van der Waals surface area contributed by atoms with Crippen molar-refractivity contribution in [3.63, 3.8) is 0 Å². The van der Waals surface area contributed by atoms with Crippen LogP contribution in [0.2, 0.25) is 0 Å². The van der Waals surface area contributed by atoms with Gasteiger partial charge in [-0.25, -0.2) is 4.79 Å². The molecule has 0 saturated heterocycles. The zero-order valence-electron chi connectivity index (χ0n) is 6.89. The minimum absolute atomic E-state index is 0.101. The van der Waals surface area contributed by atoms with Crippen molar-refractivity contribution in [3.05, 3.63) is 23.8 Å². The van der Waals surface area contributed by atoms with Gasteiger partial charge < -0.3 is 10.2 Å². The average Bonchev–Trinajstić information content (AvgIpc) is 2.47. The van der Waals surface area contributed by atoms with Crippen LogP contribution in [0, 0.1) is 0 Å². The molecule has 0 aliphatic carbocycles. The van der Waals surface area contributed by atoms with E-state index < -0.39 is 5.97 Å². The number of thiophene rings is 1. The van der Waals surface area contributed by atoms with Gasteiger partial charge in [-0.1, -0.05) is 11.3 Å². The Labute approximate surface area is 89.0 Å². The summed E-state index contributed by atoms with van der Waals surface area (Å²) in [6.07, 6.45) is 0. The van der Waals surface area contributed by atoms with Crippen LogP contribution in [0.15, 0.2) is 23.1 Å². The van der Waals surface area contributed by atoms with Crippen molar-refractivity contribution in [3.8, 4) is 5.06 Å². The number of benzene rings is 1. The maximum atomic E-state index is 10.8. The van der Waals surface area contributed by atoms with Gasteiger partial charge in [0.2, 0.25) is 0 Å². The summed E-state index contributed by atoms with van der Waals surface area (Å²) in [4.78, 5) is 11.5. The predicted molar refractivity (Wildman–Crippen MR) is 57.7 cm³/mol. The first-order chi connectivity index (χ1) is 6.59. The molecule has 14 heavy (non-hydrogen) atoms. The Hall–Kier alpha value is -1.20. The van der Waals surface area contributed by atoms with Gasteiger partial charge in [-0.2, -0.15) is 0 Å². The first-order valence-electron chi connectivity index (χ1n) is 3.77.